The molecule has 3 atom stereocenters. The lowest BCUT2D eigenvalue weighted by Gasteiger charge is -2.41. The Morgan fingerprint density at radius 2 is 1.21 bits per heavy atom. The van der Waals surface area contributed by atoms with Gasteiger partial charge >= 0.3 is 0 Å². The van der Waals surface area contributed by atoms with Gasteiger partial charge in [0.15, 0.2) is 0 Å². The molecule has 0 heterocycles. The number of nitrogens with zero attached hydrogens (tertiary/aromatic N) is 2. The molecule has 4 aliphatic carbocycles. The van der Waals surface area contributed by atoms with Crippen LogP contribution in [0.1, 0.15) is 72.8 Å². The Morgan fingerprint density at radius 3 is 1.90 bits per heavy atom. The predicted molar refractivity (Wildman–Crippen MR) is 258 cm³/mol. The zero-order chi connectivity index (χ0) is 40.8. The predicted octanol–water partition coefficient (Wildman–Crippen LogP) is 16.0. The number of para-hydroxylation sites is 3. The normalized spacial score (nSPS) is 19.8. The van der Waals surface area contributed by atoms with Gasteiger partial charge in [0.1, 0.15) is 0 Å². The van der Waals surface area contributed by atoms with Crippen molar-refractivity contribution < 1.29 is 0 Å². The van der Waals surface area contributed by atoms with Crippen LogP contribution >= 0.6 is 0 Å². The Hall–Kier alpha value is -6.90. The van der Waals surface area contributed by atoms with Crippen LogP contribution in [0.25, 0.3) is 28.0 Å². The van der Waals surface area contributed by atoms with E-state index in [0.717, 1.165) is 49.2 Å². The van der Waals surface area contributed by atoms with E-state index in [1.54, 1.807) is 0 Å². The first-order valence-electron chi connectivity index (χ1n) is 22.2. The first-order valence-corrected chi connectivity index (χ1v) is 22.2. The molecule has 0 bridgehead atoms. The van der Waals surface area contributed by atoms with Crippen LogP contribution in [0.5, 0.6) is 0 Å². The number of fused-ring (bicyclic) bond motifs is 8. The molecule has 7 aromatic carbocycles. The average molecular weight is 787 g/mol. The molecule has 0 aliphatic heterocycles. The van der Waals surface area contributed by atoms with Gasteiger partial charge in [0.05, 0.1) is 5.41 Å². The third-order valence-corrected chi connectivity index (χ3v) is 13.6. The van der Waals surface area contributed by atoms with Crippen LogP contribution in [0.4, 0.5) is 28.4 Å². The van der Waals surface area contributed by atoms with Gasteiger partial charge in [0, 0.05) is 34.1 Å². The van der Waals surface area contributed by atoms with E-state index in [0.29, 0.717) is 5.92 Å². The highest BCUT2D eigenvalue weighted by Crippen LogP contribution is 2.63. The number of rotatable bonds is 8. The fourth-order valence-corrected chi connectivity index (χ4v) is 11.0. The number of hydrogen-bond donors (Lipinski definition) is 0. The maximum Gasteiger partial charge on any atom is 0.0536 e. The molecule has 7 aromatic rings. The lowest BCUT2D eigenvalue weighted by molar-refractivity contribution is 0.460. The van der Waals surface area contributed by atoms with Crippen molar-refractivity contribution in [2.45, 2.75) is 50.4 Å². The Bertz CT molecular complexity index is 2860. The van der Waals surface area contributed by atoms with Crippen molar-refractivity contribution in [2.75, 3.05) is 9.80 Å². The van der Waals surface area contributed by atoms with Gasteiger partial charge in [-0.25, -0.2) is 0 Å². The number of benzene rings is 7. The molecule has 11 rings (SSSR count). The summed E-state index contributed by atoms with van der Waals surface area (Å²) in [6.07, 6.45) is 26.4. The van der Waals surface area contributed by atoms with Crippen LogP contribution in [-0.4, -0.2) is 0 Å². The quantitative estimate of drug-likeness (QED) is 0.151. The average Bonchev–Trinajstić information content (AvgIpc) is 3.41. The summed E-state index contributed by atoms with van der Waals surface area (Å²) in [7, 11) is 0. The van der Waals surface area contributed by atoms with Crippen LogP contribution in [0.3, 0.4) is 0 Å². The summed E-state index contributed by atoms with van der Waals surface area (Å²) < 4.78 is 0. The Balaban J connectivity index is 1.24. The van der Waals surface area contributed by atoms with Gasteiger partial charge in [-0.2, -0.15) is 0 Å². The minimum absolute atomic E-state index is 0.195. The summed E-state index contributed by atoms with van der Waals surface area (Å²) in [5, 5.41) is 2.65. The van der Waals surface area contributed by atoms with Crippen LogP contribution < -0.4 is 9.80 Å². The highest BCUT2D eigenvalue weighted by atomic mass is 15.2. The molecule has 0 amide bonds. The zero-order valence-corrected chi connectivity index (χ0v) is 34.8. The van der Waals surface area contributed by atoms with Crippen molar-refractivity contribution >= 4 is 45.3 Å². The molecule has 4 aliphatic rings. The van der Waals surface area contributed by atoms with E-state index in [-0.39, 0.29) is 5.92 Å². The molecule has 0 saturated heterocycles. The van der Waals surface area contributed by atoms with Crippen LogP contribution in [0, 0.1) is 5.92 Å². The monoisotopic (exact) mass is 786 g/mol. The number of allylic oxidation sites excluding steroid dienone is 9. The van der Waals surface area contributed by atoms with Crippen molar-refractivity contribution in [1.29, 1.82) is 0 Å². The first-order chi connectivity index (χ1) is 30.2. The summed E-state index contributed by atoms with van der Waals surface area (Å²) in [6, 6.07) is 58.9. The third-order valence-electron chi connectivity index (χ3n) is 13.6. The molecule has 0 saturated carbocycles. The maximum absolute atomic E-state index is 2.58. The minimum atomic E-state index is -0.461. The van der Waals surface area contributed by atoms with Crippen molar-refractivity contribution in [3.05, 3.63) is 240 Å². The van der Waals surface area contributed by atoms with Gasteiger partial charge in [-0.05, 0) is 160 Å². The van der Waals surface area contributed by atoms with Gasteiger partial charge in [-0.3, -0.25) is 0 Å². The summed E-state index contributed by atoms with van der Waals surface area (Å²) in [4.78, 5) is 4.93. The summed E-state index contributed by atoms with van der Waals surface area (Å²) in [5.41, 5.74) is 16.6. The molecule has 0 radical (unpaired) electrons. The van der Waals surface area contributed by atoms with Crippen molar-refractivity contribution in [3.63, 3.8) is 0 Å². The van der Waals surface area contributed by atoms with Crippen molar-refractivity contribution in [3.8, 4) is 11.1 Å². The molecule has 0 spiro atoms. The van der Waals surface area contributed by atoms with Crippen LogP contribution in [-0.2, 0) is 5.41 Å². The second-order valence-corrected chi connectivity index (χ2v) is 17.1. The Kier molecular flexibility index (Phi) is 9.50. The second-order valence-electron chi connectivity index (χ2n) is 17.1. The van der Waals surface area contributed by atoms with E-state index in [2.05, 4.69) is 229 Å². The molecule has 61 heavy (non-hydrogen) atoms. The fraction of sp³-hybridized carbons (Fsp3) is 0.153. The van der Waals surface area contributed by atoms with Gasteiger partial charge in [-0.1, -0.05) is 153 Å². The minimum Gasteiger partial charge on any atom is -0.314 e. The van der Waals surface area contributed by atoms with E-state index >= 15 is 0 Å². The van der Waals surface area contributed by atoms with Crippen LogP contribution in [0.15, 0.2) is 212 Å². The highest BCUT2D eigenvalue weighted by molar-refractivity contribution is 6.07. The third kappa shape index (κ3) is 6.15. The molecule has 0 N–H and O–H groups in total. The molecule has 0 fully saturated rings. The van der Waals surface area contributed by atoms with Crippen molar-refractivity contribution in [1.82, 2.24) is 0 Å². The van der Waals surface area contributed by atoms with Gasteiger partial charge in [0.2, 0.25) is 0 Å². The molecular formula is C59H50N2. The van der Waals surface area contributed by atoms with Gasteiger partial charge < -0.3 is 9.80 Å². The van der Waals surface area contributed by atoms with Crippen molar-refractivity contribution in [2.24, 2.45) is 5.92 Å². The first kappa shape index (κ1) is 37.1. The van der Waals surface area contributed by atoms with E-state index < -0.39 is 5.41 Å². The second kappa shape index (κ2) is 15.6. The molecule has 2 heteroatoms. The lowest BCUT2D eigenvalue weighted by Crippen LogP contribution is -2.36. The largest absolute Gasteiger partial charge is 0.314 e. The van der Waals surface area contributed by atoms with E-state index in [9.17, 15) is 0 Å². The fourth-order valence-electron chi connectivity index (χ4n) is 11.0. The SMILES string of the molecule is CC1CC=Cc2c1c1c(c3ccc(N(c4ccccc4)c4ccccc4)cc23)C(c2ccccc2)([C@H]2C=CC=CC2)c2cc(N(C3=CC=CCCC3)c3ccccc3)ccc2-1. The molecule has 0 aromatic heterocycles. The summed E-state index contributed by atoms with van der Waals surface area (Å²) in [6.45, 7) is 2.45. The smallest absolute Gasteiger partial charge is 0.0536 e. The molecule has 2 unspecified atom stereocenters. The van der Waals surface area contributed by atoms with Crippen LogP contribution in [0.2, 0.25) is 0 Å². The molecular weight excluding hydrogens is 737 g/mol. The molecule has 2 nitrogen and oxygen atoms in total. The summed E-state index contributed by atoms with van der Waals surface area (Å²) in [5.74, 6) is 0.548. The Morgan fingerprint density at radius 1 is 0.557 bits per heavy atom. The van der Waals surface area contributed by atoms with Gasteiger partial charge in [-0.15, -0.1) is 0 Å². The lowest BCUT2D eigenvalue weighted by atomic mass is 9.61. The summed E-state index contributed by atoms with van der Waals surface area (Å²) >= 11 is 0. The molecule has 296 valence electrons. The number of hydrogen-bond acceptors (Lipinski definition) is 2. The number of anilines is 5. The van der Waals surface area contributed by atoms with Gasteiger partial charge in [0.25, 0.3) is 0 Å². The zero-order valence-electron chi connectivity index (χ0n) is 34.8. The van der Waals surface area contributed by atoms with E-state index in [1.165, 1.54) is 66.8 Å². The van der Waals surface area contributed by atoms with E-state index in [4.69, 9.17) is 0 Å². The topological polar surface area (TPSA) is 6.48 Å². The standard InChI is InChI=1S/C59H50N2/c1-42-22-21-35-51-54-40-49(60(45-29-15-6-16-30-45)46-31-17-7-18-32-46)36-38-52(54)58-57(56(42)51)53-39-37-50(61(48-33-19-8-20-34-48)47-27-13-2-3-14-28-47)41-55(53)59(58,43-23-9-4-10-24-43)44-25-11-5-12-26-44/h2,4-13,15-21,23-25,27,29-42,44H,3,14,22,26,28H2,1H3/t42?,44-,59?/m0/s1. The highest BCUT2D eigenvalue weighted by Gasteiger charge is 2.52. The Labute approximate surface area is 360 Å². The maximum atomic E-state index is 2.58. The van der Waals surface area contributed by atoms with E-state index in [1.807, 2.05) is 0 Å².